The molecule has 6 nitrogen and oxygen atoms in total. The third-order valence-electron chi connectivity index (χ3n) is 3.68. The van der Waals surface area contributed by atoms with Crippen molar-refractivity contribution in [2.75, 3.05) is 20.2 Å². The van der Waals surface area contributed by atoms with Gasteiger partial charge >= 0.3 is 0 Å². The predicted molar refractivity (Wildman–Crippen MR) is 98.0 cm³/mol. The molecule has 1 unspecified atom stereocenters. The van der Waals surface area contributed by atoms with Crippen molar-refractivity contribution in [1.29, 1.82) is 0 Å². The number of nitrogens with zero attached hydrogens (tertiary/aromatic N) is 1. The van der Waals surface area contributed by atoms with Gasteiger partial charge in [-0.2, -0.15) is 0 Å². The smallest absolute Gasteiger partial charge is 0.248 e. The van der Waals surface area contributed by atoms with Crippen LogP contribution in [0.25, 0.3) is 0 Å². The van der Waals surface area contributed by atoms with E-state index in [4.69, 9.17) is 10.5 Å². The molecule has 0 radical (unpaired) electrons. The molecule has 134 valence electrons. The van der Waals surface area contributed by atoms with Crippen molar-refractivity contribution in [3.05, 3.63) is 35.4 Å². The highest BCUT2D eigenvalue weighted by molar-refractivity contribution is 5.92. The van der Waals surface area contributed by atoms with Crippen molar-refractivity contribution in [3.63, 3.8) is 0 Å². The van der Waals surface area contributed by atoms with E-state index in [9.17, 15) is 4.79 Å². The Kier molecular flexibility index (Phi) is 7.71. The zero-order valence-corrected chi connectivity index (χ0v) is 15.3. The molecule has 1 aromatic rings. The van der Waals surface area contributed by atoms with Gasteiger partial charge in [0, 0.05) is 25.8 Å². The number of rotatable bonds is 7. The fraction of sp³-hybridized carbons (Fsp3) is 0.556. The quantitative estimate of drug-likeness (QED) is 0.525. The van der Waals surface area contributed by atoms with Gasteiger partial charge in [-0.1, -0.05) is 32.9 Å². The molecule has 0 aromatic heterocycles. The highest BCUT2D eigenvalue weighted by Gasteiger charge is 2.24. The van der Waals surface area contributed by atoms with Crippen LogP contribution in [0, 0.1) is 5.41 Å². The summed E-state index contributed by atoms with van der Waals surface area (Å²) in [5.41, 5.74) is 6.77. The maximum Gasteiger partial charge on any atom is 0.248 e. The van der Waals surface area contributed by atoms with E-state index in [1.165, 1.54) is 0 Å². The van der Waals surface area contributed by atoms with E-state index < -0.39 is 5.91 Å². The highest BCUT2D eigenvalue weighted by Crippen LogP contribution is 2.20. The normalized spacial score (nSPS) is 13.5. The summed E-state index contributed by atoms with van der Waals surface area (Å²) in [7, 11) is 1.72. The summed E-state index contributed by atoms with van der Waals surface area (Å²) in [6, 6.07) is 7.20. The molecule has 0 saturated carbocycles. The van der Waals surface area contributed by atoms with E-state index >= 15 is 0 Å². The Bertz CT molecular complexity index is 564. The number of methoxy groups -OCH3 is 1. The second-order valence-electron chi connectivity index (χ2n) is 6.73. The number of primary amides is 1. The Morgan fingerprint density at radius 1 is 1.33 bits per heavy atom. The molecule has 0 heterocycles. The fourth-order valence-corrected chi connectivity index (χ4v) is 2.27. The molecule has 1 atom stereocenters. The first-order valence-corrected chi connectivity index (χ1v) is 8.21. The van der Waals surface area contributed by atoms with Crippen molar-refractivity contribution >= 4 is 11.9 Å². The minimum atomic E-state index is -0.432. The van der Waals surface area contributed by atoms with Gasteiger partial charge in [0.15, 0.2) is 5.96 Å². The van der Waals surface area contributed by atoms with Gasteiger partial charge in [0.1, 0.15) is 0 Å². The molecule has 0 bridgehead atoms. The van der Waals surface area contributed by atoms with Crippen LogP contribution in [0.15, 0.2) is 29.3 Å². The number of carbonyl (C=O) groups excluding carboxylic acids is 1. The van der Waals surface area contributed by atoms with Gasteiger partial charge in [0.05, 0.1) is 12.6 Å². The van der Waals surface area contributed by atoms with Gasteiger partial charge < -0.3 is 21.1 Å². The van der Waals surface area contributed by atoms with Crippen LogP contribution in [0.4, 0.5) is 0 Å². The average Bonchev–Trinajstić information content (AvgIpc) is 2.52. The Labute approximate surface area is 144 Å². The van der Waals surface area contributed by atoms with Crippen LogP contribution in [-0.4, -0.2) is 38.2 Å². The molecule has 0 saturated heterocycles. The van der Waals surface area contributed by atoms with Crippen LogP contribution < -0.4 is 16.4 Å². The summed E-state index contributed by atoms with van der Waals surface area (Å²) >= 11 is 0. The molecule has 1 rings (SSSR count). The monoisotopic (exact) mass is 334 g/mol. The molecular weight excluding hydrogens is 304 g/mol. The Morgan fingerprint density at radius 3 is 2.58 bits per heavy atom. The number of nitrogens with one attached hydrogen (secondary N) is 2. The van der Waals surface area contributed by atoms with Crippen LogP contribution in [-0.2, 0) is 11.3 Å². The highest BCUT2D eigenvalue weighted by atomic mass is 16.5. The number of ether oxygens (including phenoxy) is 1. The van der Waals surface area contributed by atoms with Crippen LogP contribution in [0.5, 0.6) is 0 Å². The van der Waals surface area contributed by atoms with E-state index in [0.29, 0.717) is 24.6 Å². The molecule has 0 aliphatic rings. The lowest BCUT2D eigenvalue weighted by Crippen LogP contribution is -2.45. The van der Waals surface area contributed by atoms with E-state index in [1.807, 2.05) is 19.1 Å². The summed E-state index contributed by atoms with van der Waals surface area (Å²) in [5.74, 6) is 0.284. The molecule has 1 aromatic carbocycles. The number of aliphatic imine (C=N–C) groups is 1. The number of benzene rings is 1. The van der Waals surface area contributed by atoms with Crippen LogP contribution >= 0.6 is 0 Å². The molecule has 0 aliphatic heterocycles. The van der Waals surface area contributed by atoms with Gasteiger partial charge in [0.2, 0.25) is 5.91 Å². The first-order valence-electron chi connectivity index (χ1n) is 8.21. The summed E-state index contributed by atoms with van der Waals surface area (Å²) in [6.07, 6.45) is 0.0690. The predicted octanol–water partition coefficient (Wildman–Crippen LogP) is 1.90. The number of nitrogens with two attached hydrogens (primary N) is 1. The first kappa shape index (κ1) is 20.0. The van der Waals surface area contributed by atoms with Gasteiger partial charge in [-0.05, 0) is 30.0 Å². The number of amides is 1. The van der Waals surface area contributed by atoms with E-state index in [-0.39, 0.29) is 11.5 Å². The lowest BCUT2D eigenvalue weighted by Gasteiger charge is -2.30. The van der Waals surface area contributed by atoms with Gasteiger partial charge in [-0.25, -0.2) is 4.99 Å². The maximum atomic E-state index is 11.2. The van der Waals surface area contributed by atoms with Crippen LogP contribution in [0.1, 0.15) is 43.6 Å². The minimum Gasteiger partial charge on any atom is -0.379 e. The molecule has 0 aliphatic carbocycles. The summed E-state index contributed by atoms with van der Waals surface area (Å²) in [5, 5.41) is 6.52. The SMILES string of the molecule is CCNC(=NCc1cccc(C(N)=O)c1)NCC(OC)C(C)(C)C. The topological polar surface area (TPSA) is 88.7 Å². The second kappa shape index (κ2) is 9.27. The summed E-state index contributed by atoms with van der Waals surface area (Å²) in [4.78, 5) is 15.8. The number of guanidine groups is 1. The third-order valence-corrected chi connectivity index (χ3v) is 3.68. The zero-order chi connectivity index (χ0) is 18.2. The molecule has 0 spiro atoms. The second-order valence-corrected chi connectivity index (χ2v) is 6.73. The summed E-state index contributed by atoms with van der Waals surface area (Å²) < 4.78 is 5.55. The molecule has 6 heteroatoms. The Hall–Kier alpha value is -2.08. The largest absolute Gasteiger partial charge is 0.379 e. The lowest BCUT2D eigenvalue weighted by atomic mass is 9.89. The van der Waals surface area contributed by atoms with Crippen molar-refractivity contribution in [2.45, 2.75) is 40.3 Å². The van der Waals surface area contributed by atoms with Crippen LogP contribution in [0.3, 0.4) is 0 Å². The molecule has 0 fully saturated rings. The van der Waals surface area contributed by atoms with Gasteiger partial charge in [0.25, 0.3) is 0 Å². The Morgan fingerprint density at radius 2 is 2.04 bits per heavy atom. The van der Waals surface area contributed by atoms with Crippen molar-refractivity contribution in [1.82, 2.24) is 10.6 Å². The van der Waals surface area contributed by atoms with Crippen LogP contribution in [0.2, 0.25) is 0 Å². The van der Waals surface area contributed by atoms with E-state index in [2.05, 4.69) is 36.4 Å². The van der Waals surface area contributed by atoms with Gasteiger partial charge in [-0.3, -0.25) is 4.79 Å². The van der Waals surface area contributed by atoms with Gasteiger partial charge in [-0.15, -0.1) is 0 Å². The maximum absolute atomic E-state index is 11.2. The molecule has 1 amide bonds. The van der Waals surface area contributed by atoms with Crippen molar-refractivity contribution in [2.24, 2.45) is 16.1 Å². The first-order chi connectivity index (χ1) is 11.3. The zero-order valence-electron chi connectivity index (χ0n) is 15.3. The average molecular weight is 334 g/mol. The molecular formula is C18H30N4O2. The minimum absolute atomic E-state index is 0.0366. The number of hydrogen-bond donors (Lipinski definition) is 3. The summed E-state index contributed by atoms with van der Waals surface area (Å²) in [6.45, 7) is 10.3. The number of carbonyl (C=O) groups is 1. The van der Waals surface area contributed by atoms with E-state index in [0.717, 1.165) is 12.1 Å². The standard InChI is InChI=1S/C18H30N4O2/c1-6-20-17(22-12-15(24-5)18(2,3)4)21-11-13-8-7-9-14(10-13)16(19)23/h7-10,15H,6,11-12H2,1-5H3,(H2,19,23)(H2,20,21,22). The third kappa shape index (κ3) is 6.58. The molecule has 4 N–H and O–H groups in total. The van der Waals surface area contributed by atoms with Crippen molar-refractivity contribution in [3.8, 4) is 0 Å². The Balaban J connectivity index is 2.75. The molecule has 24 heavy (non-hydrogen) atoms. The fourth-order valence-electron chi connectivity index (χ4n) is 2.27. The van der Waals surface area contributed by atoms with Crippen molar-refractivity contribution < 1.29 is 9.53 Å². The number of hydrogen-bond acceptors (Lipinski definition) is 3. The van der Waals surface area contributed by atoms with E-state index in [1.54, 1.807) is 19.2 Å². The lowest BCUT2D eigenvalue weighted by molar-refractivity contribution is 0.0205.